The van der Waals surface area contributed by atoms with Crippen LogP contribution in [0.15, 0.2) is 0 Å². The number of aliphatic hydroxyl groups is 1. The fourth-order valence-corrected chi connectivity index (χ4v) is 2.83. The minimum absolute atomic E-state index is 0.230. The van der Waals surface area contributed by atoms with Gasteiger partial charge in [0.1, 0.15) is 10.6 Å². The topological polar surface area (TPSA) is 91.5 Å². The van der Waals surface area contributed by atoms with Gasteiger partial charge in [-0.05, 0) is 24.4 Å². The molecule has 0 aromatic carbocycles. The van der Waals surface area contributed by atoms with E-state index in [0.29, 0.717) is 12.1 Å². The predicted molar refractivity (Wildman–Crippen MR) is 67.4 cm³/mol. The Hall–Kier alpha value is -1.34. The second kappa shape index (κ2) is 4.89. The minimum atomic E-state index is -0.343. The molecule has 0 aliphatic carbocycles. The first kappa shape index (κ1) is 12.1. The molecule has 2 heterocycles. The van der Waals surface area contributed by atoms with E-state index in [0.717, 1.165) is 24.4 Å². The highest BCUT2D eigenvalue weighted by Gasteiger charge is 2.26. The summed E-state index contributed by atoms with van der Waals surface area (Å²) in [5.41, 5.74) is 6.13. The average molecular weight is 256 g/mol. The summed E-state index contributed by atoms with van der Waals surface area (Å²) in [6.07, 6.45) is 1.37. The van der Waals surface area contributed by atoms with Crippen molar-refractivity contribution in [2.75, 3.05) is 30.8 Å². The summed E-state index contributed by atoms with van der Waals surface area (Å²) in [5.74, 6) is 0.0238. The molecule has 1 saturated heterocycles. The SMILES string of the molecule is CNC(=O)c1c(N)nsc1N1CCCC(O)C1. The van der Waals surface area contributed by atoms with E-state index in [-0.39, 0.29) is 17.8 Å². The van der Waals surface area contributed by atoms with Crippen LogP contribution in [0, 0.1) is 0 Å². The quantitative estimate of drug-likeness (QED) is 0.695. The van der Waals surface area contributed by atoms with Crippen molar-refractivity contribution in [2.45, 2.75) is 18.9 Å². The number of nitrogens with one attached hydrogen (secondary N) is 1. The molecule has 17 heavy (non-hydrogen) atoms. The molecule has 6 nitrogen and oxygen atoms in total. The van der Waals surface area contributed by atoms with Gasteiger partial charge in [-0.25, -0.2) is 0 Å². The van der Waals surface area contributed by atoms with Crippen molar-refractivity contribution >= 4 is 28.3 Å². The molecule has 1 unspecified atom stereocenters. The first-order valence-electron chi connectivity index (χ1n) is 5.53. The van der Waals surface area contributed by atoms with Crippen LogP contribution in [0.3, 0.4) is 0 Å². The largest absolute Gasteiger partial charge is 0.391 e. The molecule has 0 radical (unpaired) electrons. The maximum Gasteiger partial charge on any atom is 0.257 e. The Balaban J connectivity index is 2.28. The molecule has 2 rings (SSSR count). The molecule has 0 bridgehead atoms. The van der Waals surface area contributed by atoms with Crippen molar-refractivity contribution in [3.8, 4) is 0 Å². The highest BCUT2D eigenvalue weighted by Crippen LogP contribution is 2.32. The number of anilines is 2. The molecular weight excluding hydrogens is 240 g/mol. The van der Waals surface area contributed by atoms with Crippen LogP contribution in [-0.2, 0) is 0 Å². The number of β-amino-alcohol motifs (C(OH)–C–C–N with tert-alkyl or cyclic N) is 1. The van der Waals surface area contributed by atoms with Crippen LogP contribution in [0.1, 0.15) is 23.2 Å². The van der Waals surface area contributed by atoms with Crippen molar-refractivity contribution in [3.05, 3.63) is 5.56 Å². The highest BCUT2D eigenvalue weighted by atomic mass is 32.1. The van der Waals surface area contributed by atoms with Gasteiger partial charge < -0.3 is 21.1 Å². The van der Waals surface area contributed by atoms with Crippen LogP contribution in [-0.4, -0.2) is 41.6 Å². The Morgan fingerprint density at radius 1 is 1.71 bits per heavy atom. The molecular formula is C10H16N4O2S. The number of carbonyl (C=O) groups is 1. The second-order valence-electron chi connectivity index (χ2n) is 4.07. The molecule has 1 aromatic heterocycles. The molecule has 1 atom stereocenters. The van der Waals surface area contributed by atoms with Gasteiger partial charge in [-0.3, -0.25) is 4.79 Å². The van der Waals surface area contributed by atoms with Crippen LogP contribution in [0.4, 0.5) is 10.8 Å². The van der Waals surface area contributed by atoms with Gasteiger partial charge in [-0.1, -0.05) is 0 Å². The molecule has 1 aliphatic rings. The minimum Gasteiger partial charge on any atom is -0.391 e. The van der Waals surface area contributed by atoms with Crippen LogP contribution in [0.2, 0.25) is 0 Å². The number of amides is 1. The maximum absolute atomic E-state index is 11.7. The fraction of sp³-hybridized carbons (Fsp3) is 0.600. The summed E-state index contributed by atoms with van der Waals surface area (Å²) in [5, 5.41) is 13.0. The highest BCUT2D eigenvalue weighted by molar-refractivity contribution is 7.11. The summed E-state index contributed by atoms with van der Waals surface area (Å²) in [6.45, 7) is 1.36. The van der Waals surface area contributed by atoms with Crippen molar-refractivity contribution in [3.63, 3.8) is 0 Å². The number of rotatable bonds is 2. The summed E-state index contributed by atoms with van der Waals surface area (Å²) in [4.78, 5) is 13.7. The molecule has 4 N–H and O–H groups in total. The van der Waals surface area contributed by atoms with Gasteiger partial charge in [0.2, 0.25) is 0 Å². The predicted octanol–water partition coefficient (Wildman–Crippen LogP) is 0.0460. The third kappa shape index (κ3) is 2.34. The summed E-state index contributed by atoms with van der Waals surface area (Å²) >= 11 is 1.21. The van der Waals surface area contributed by atoms with Crippen molar-refractivity contribution < 1.29 is 9.90 Å². The third-order valence-corrected chi connectivity index (χ3v) is 3.76. The average Bonchev–Trinajstić information content (AvgIpc) is 2.70. The number of aromatic nitrogens is 1. The van der Waals surface area contributed by atoms with Crippen molar-refractivity contribution in [2.24, 2.45) is 0 Å². The maximum atomic E-state index is 11.7. The number of nitrogens with zero attached hydrogens (tertiary/aromatic N) is 2. The van der Waals surface area contributed by atoms with Gasteiger partial charge in [0.25, 0.3) is 5.91 Å². The zero-order chi connectivity index (χ0) is 12.4. The number of nitrogen functional groups attached to an aromatic ring is 1. The third-order valence-electron chi connectivity index (χ3n) is 2.84. The number of piperidine rings is 1. The van der Waals surface area contributed by atoms with E-state index in [1.54, 1.807) is 7.05 Å². The Labute approximate surface area is 104 Å². The standard InChI is InChI=1S/C10H16N4O2S/c1-12-9(16)7-8(11)13-17-10(7)14-4-2-3-6(15)5-14/h6,15H,2-5H2,1H3,(H2,11,13)(H,12,16). The zero-order valence-electron chi connectivity index (χ0n) is 9.64. The normalized spacial score (nSPS) is 20.4. The number of carbonyl (C=O) groups excluding carboxylic acids is 1. The molecule has 94 valence electrons. The van der Waals surface area contributed by atoms with Crippen LogP contribution < -0.4 is 16.0 Å². The van der Waals surface area contributed by atoms with E-state index in [1.165, 1.54) is 11.5 Å². The van der Waals surface area contributed by atoms with Crippen LogP contribution >= 0.6 is 11.5 Å². The van der Waals surface area contributed by atoms with Gasteiger partial charge in [-0.2, -0.15) is 4.37 Å². The van der Waals surface area contributed by atoms with Gasteiger partial charge in [0.05, 0.1) is 6.10 Å². The molecule has 1 aliphatic heterocycles. The fourth-order valence-electron chi connectivity index (χ4n) is 1.99. The van der Waals surface area contributed by atoms with Gasteiger partial charge in [0, 0.05) is 20.1 Å². The number of aliphatic hydroxyl groups excluding tert-OH is 1. The van der Waals surface area contributed by atoms with E-state index < -0.39 is 0 Å². The van der Waals surface area contributed by atoms with Crippen molar-refractivity contribution in [1.29, 1.82) is 0 Å². The number of hydrogen-bond donors (Lipinski definition) is 3. The smallest absolute Gasteiger partial charge is 0.257 e. The Morgan fingerprint density at radius 3 is 3.12 bits per heavy atom. The van der Waals surface area contributed by atoms with E-state index in [9.17, 15) is 9.90 Å². The number of nitrogens with two attached hydrogens (primary N) is 1. The summed E-state index contributed by atoms with van der Waals surface area (Å²) in [6, 6.07) is 0. The first-order valence-corrected chi connectivity index (χ1v) is 6.31. The second-order valence-corrected chi connectivity index (χ2v) is 4.82. The van der Waals surface area contributed by atoms with E-state index in [4.69, 9.17) is 5.73 Å². The van der Waals surface area contributed by atoms with E-state index in [1.807, 2.05) is 4.90 Å². The van der Waals surface area contributed by atoms with Crippen LogP contribution in [0.25, 0.3) is 0 Å². The molecule has 7 heteroatoms. The number of hydrogen-bond acceptors (Lipinski definition) is 6. The lowest BCUT2D eigenvalue weighted by Crippen LogP contribution is -2.38. The molecule has 1 fully saturated rings. The summed E-state index contributed by atoms with van der Waals surface area (Å²) < 4.78 is 4.02. The summed E-state index contributed by atoms with van der Waals surface area (Å²) in [7, 11) is 1.56. The first-order chi connectivity index (χ1) is 8.13. The molecule has 0 spiro atoms. The van der Waals surface area contributed by atoms with Crippen LogP contribution in [0.5, 0.6) is 0 Å². The van der Waals surface area contributed by atoms with E-state index >= 15 is 0 Å². The molecule has 0 saturated carbocycles. The Morgan fingerprint density at radius 2 is 2.47 bits per heavy atom. The Bertz CT molecular complexity index is 420. The van der Waals surface area contributed by atoms with Gasteiger partial charge in [0.15, 0.2) is 5.82 Å². The van der Waals surface area contributed by atoms with Gasteiger partial charge in [-0.15, -0.1) is 0 Å². The lowest BCUT2D eigenvalue weighted by molar-refractivity contribution is 0.0964. The lowest BCUT2D eigenvalue weighted by atomic mass is 10.1. The zero-order valence-corrected chi connectivity index (χ0v) is 10.5. The van der Waals surface area contributed by atoms with Crippen molar-refractivity contribution in [1.82, 2.24) is 9.69 Å². The molecule has 1 amide bonds. The Kier molecular flexibility index (Phi) is 3.49. The molecule has 1 aromatic rings. The van der Waals surface area contributed by atoms with E-state index in [2.05, 4.69) is 9.69 Å². The monoisotopic (exact) mass is 256 g/mol. The lowest BCUT2D eigenvalue weighted by Gasteiger charge is -2.30. The van der Waals surface area contributed by atoms with Gasteiger partial charge >= 0.3 is 0 Å².